The summed E-state index contributed by atoms with van der Waals surface area (Å²) >= 11 is 3.28. The summed E-state index contributed by atoms with van der Waals surface area (Å²) in [4.78, 5) is 16.1. The number of rotatable bonds is 5. The minimum absolute atomic E-state index is 0.427. The smallest absolute Gasteiger partial charge is 0.250 e. The third kappa shape index (κ3) is 3.03. The molecule has 0 radical (unpaired) electrons. The summed E-state index contributed by atoms with van der Waals surface area (Å²) in [6.07, 6.45) is 0. The number of nitrogens with zero attached hydrogens (tertiary/aromatic N) is 1. The van der Waals surface area contributed by atoms with Crippen molar-refractivity contribution in [3.8, 4) is 10.6 Å². The van der Waals surface area contributed by atoms with Crippen LogP contribution in [0.25, 0.3) is 10.6 Å². The van der Waals surface area contributed by atoms with Gasteiger partial charge in [-0.1, -0.05) is 12.1 Å². The summed E-state index contributed by atoms with van der Waals surface area (Å²) in [5, 5.41) is 10.5. The van der Waals surface area contributed by atoms with E-state index in [0.717, 1.165) is 27.5 Å². The first-order valence-corrected chi connectivity index (χ1v) is 8.57. The Kier molecular flexibility index (Phi) is 4.22. The van der Waals surface area contributed by atoms with Crippen molar-refractivity contribution in [1.82, 2.24) is 4.98 Å². The molecule has 4 nitrogen and oxygen atoms in total. The van der Waals surface area contributed by atoms with E-state index in [2.05, 4.69) is 21.7 Å². The summed E-state index contributed by atoms with van der Waals surface area (Å²) in [5.74, 6) is -0.427. The highest BCUT2D eigenvalue weighted by molar-refractivity contribution is 7.14. The molecule has 3 N–H and O–H groups in total. The first-order valence-electron chi connectivity index (χ1n) is 6.75. The molecule has 0 aliphatic heterocycles. The molecule has 22 heavy (non-hydrogen) atoms. The molecule has 0 unspecified atom stereocenters. The molecule has 112 valence electrons. The lowest BCUT2D eigenvalue weighted by Gasteiger charge is -2.12. The lowest BCUT2D eigenvalue weighted by molar-refractivity contribution is 0.100. The Bertz CT molecular complexity index is 794. The van der Waals surface area contributed by atoms with E-state index in [1.807, 2.05) is 29.8 Å². The number of thiazole rings is 1. The van der Waals surface area contributed by atoms with E-state index in [0.29, 0.717) is 12.1 Å². The maximum atomic E-state index is 11.5. The van der Waals surface area contributed by atoms with Crippen molar-refractivity contribution in [3.05, 3.63) is 57.2 Å². The zero-order valence-corrected chi connectivity index (χ0v) is 13.6. The average Bonchev–Trinajstić information content (AvgIpc) is 3.16. The van der Waals surface area contributed by atoms with Gasteiger partial charge in [0.2, 0.25) is 0 Å². The second-order valence-electron chi connectivity index (χ2n) is 4.87. The molecule has 0 saturated carbocycles. The number of hydrogen-bond donors (Lipinski definition) is 2. The number of benzene rings is 1. The molecular formula is C16H15N3OS2. The van der Waals surface area contributed by atoms with Gasteiger partial charge in [-0.15, -0.1) is 11.3 Å². The van der Waals surface area contributed by atoms with Crippen LogP contribution in [0.5, 0.6) is 0 Å². The predicted molar refractivity (Wildman–Crippen MR) is 92.5 cm³/mol. The van der Waals surface area contributed by atoms with Gasteiger partial charge < -0.3 is 11.1 Å². The molecule has 6 heteroatoms. The zero-order chi connectivity index (χ0) is 15.5. The van der Waals surface area contributed by atoms with Gasteiger partial charge in [-0.05, 0) is 30.0 Å². The molecule has 0 fully saturated rings. The van der Waals surface area contributed by atoms with Crippen LogP contribution < -0.4 is 11.1 Å². The molecule has 2 aromatic heterocycles. The van der Waals surface area contributed by atoms with Crippen LogP contribution in [0.1, 0.15) is 21.6 Å². The summed E-state index contributed by atoms with van der Waals surface area (Å²) in [6, 6.07) is 7.58. The van der Waals surface area contributed by atoms with Crippen molar-refractivity contribution < 1.29 is 4.79 Å². The first kappa shape index (κ1) is 14.7. The van der Waals surface area contributed by atoms with Crippen molar-refractivity contribution >= 4 is 34.3 Å². The van der Waals surface area contributed by atoms with Gasteiger partial charge >= 0.3 is 0 Å². The van der Waals surface area contributed by atoms with Gasteiger partial charge in [-0.3, -0.25) is 4.79 Å². The lowest BCUT2D eigenvalue weighted by Crippen LogP contribution is -2.15. The number of primary amides is 1. The molecule has 0 bridgehead atoms. The third-order valence-corrected chi connectivity index (χ3v) is 4.93. The number of carbonyl (C=O) groups is 1. The van der Waals surface area contributed by atoms with Gasteiger partial charge in [0, 0.05) is 16.3 Å². The van der Waals surface area contributed by atoms with E-state index >= 15 is 0 Å². The third-order valence-electron chi connectivity index (χ3n) is 3.30. The molecule has 1 aromatic carbocycles. The number of aromatic nitrogens is 1. The van der Waals surface area contributed by atoms with Gasteiger partial charge in [0.15, 0.2) is 0 Å². The Balaban J connectivity index is 1.77. The van der Waals surface area contributed by atoms with Crippen LogP contribution in [0.3, 0.4) is 0 Å². The number of hydrogen-bond acceptors (Lipinski definition) is 5. The maximum Gasteiger partial charge on any atom is 0.250 e. The van der Waals surface area contributed by atoms with E-state index < -0.39 is 5.91 Å². The maximum absolute atomic E-state index is 11.5. The van der Waals surface area contributed by atoms with E-state index in [4.69, 9.17) is 5.73 Å². The number of aryl methyl sites for hydroxylation is 1. The molecule has 0 aliphatic carbocycles. The Morgan fingerprint density at radius 2 is 2.18 bits per heavy atom. The molecule has 2 heterocycles. The van der Waals surface area contributed by atoms with Crippen LogP contribution in [0, 0.1) is 6.92 Å². The number of carbonyl (C=O) groups excluding carboxylic acids is 1. The average molecular weight is 329 g/mol. The molecule has 3 aromatic rings. The SMILES string of the molecule is Cc1cccc(C(N)=O)c1NCc1csc(-c2ccsc2)n1. The topological polar surface area (TPSA) is 68.0 Å². The van der Waals surface area contributed by atoms with E-state index in [1.54, 1.807) is 28.7 Å². The minimum Gasteiger partial charge on any atom is -0.378 e. The van der Waals surface area contributed by atoms with Crippen molar-refractivity contribution in [2.24, 2.45) is 5.73 Å². The largest absolute Gasteiger partial charge is 0.378 e. The number of nitrogens with one attached hydrogen (secondary N) is 1. The van der Waals surface area contributed by atoms with Crippen molar-refractivity contribution in [2.45, 2.75) is 13.5 Å². The van der Waals surface area contributed by atoms with Crippen molar-refractivity contribution in [2.75, 3.05) is 5.32 Å². The van der Waals surface area contributed by atoms with Gasteiger partial charge in [0.25, 0.3) is 5.91 Å². The summed E-state index contributed by atoms with van der Waals surface area (Å²) < 4.78 is 0. The van der Waals surface area contributed by atoms with Gasteiger partial charge in [-0.25, -0.2) is 4.98 Å². The Hall–Kier alpha value is -2.18. The second kappa shape index (κ2) is 6.29. The lowest BCUT2D eigenvalue weighted by atomic mass is 10.1. The molecule has 0 saturated heterocycles. The Morgan fingerprint density at radius 1 is 1.32 bits per heavy atom. The molecule has 0 spiro atoms. The molecule has 0 atom stereocenters. The fourth-order valence-electron chi connectivity index (χ4n) is 2.19. The highest BCUT2D eigenvalue weighted by Gasteiger charge is 2.11. The number of anilines is 1. The molecular weight excluding hydrogens is 314 g/mol. The van der Waals surface area contributed by atoms with Crippen LogP contribution in [0.15, 0.2) is 40.4 Å². The van der Waals surface area contributed by atoms with E-state index in [9.17, 15) is 4.79 Å². The predicted octanol–water partition coefficient (Wildman–Crippen LogP) is 3.89. The summed E-state index contributed by atoms with van der Waals surface area (Å²) in [6.45, 7) is 2.51. The first-order chi connectivity index (χ1) is 10.6. The molecule has 3 rings (SSSR count). The second-order valence-corrected chi connectivity index (χ2v) is 6.51. The number of nitrogens with two attached hydrogens (primary N) is 1. The standard InChI is InChI=1S/C16H15N3OS2/c1-10-3-2-4-13(15(17)20)14(10)18-7-12-9-22-16(19-12)11-5-6-21-8-11/h2-6,8-9,18H,7H2,1H3,(H2,17,20). The minimum atomic E-state index is -0.427. The Labute approximate surface area is 136 Å². The summed E-state index contributed by atoms with van der Waals surface area (Å²) in [5.41, 5.74) is 9.80. The highest BCUT2D eigenvalue weighted by Crippen LogP contribution is 2.26. The van der Waals surface area contributed by atoms with Crippen LogP contribution in [0.4, 0.5) is 5.69 Å². The Morgan fingerprint density at radius 3 is 2.91 bits per heavy atom. The quantitative estimate of drug-likeness (QED) is 0.746. The molecule has 1 amide bonds. The normalized spacial score (nSPS) is 10.6. The van der Waals surface area contributed by atoms with Crippen molar-refractivity contribution in [1.29, 1.82) is 0 Å². The highest BCUT2D eigenvalue weighted by atomic mass is 32.1. The van der Waals surface area contributed by atoms with Gasteiger partial charge in [-0.2, -0.15) is 11.3 Å². The van der Waals surface area contributed by atoms with E-state index in [1.165, 1.54) is 0 Å². The summed E-state index contributed by atoms with van der Waals surface area (Å²) in [7, 11) is 0. The van der Waals surface area contributed by atoms with Gasteiger partial charge in [0.05, 0.1) is 23.5 Å². The fourth-order valence-corrected chi connectivity index (χ4v) is 3.73. The van der Waals surface area contributed by atoms with Crippen LogP contribution in [0.2, 0.25) is 0 Å². The monoisotopic (exact) mass is 329 g/mol. The van der Waals surface area contributed by atoms with Crippen LogP contribution >= 0.6 is 22.7 Å². The fraction of sp³-hybridized carbons (Fsp3) is 0.125. The molecule has 0 aliphatic rings. The van der Waals surface area contributed by atoms with Crippen LogP contribution in [-0.2, 0) is 6.54 Å². The van der Waals surface area contributed by atoms with E-state index in [-0.39, 0.29) is 0 Å². The zero-order valence-electron chi connectivity index (χ0n) is 12.0. The number of para-hydroxylation sites is 1. The number of thiophene rings is 1. The van der Waals surface area contributed by atoms with Crippen molar-refractivity contribution in [3.63, 3.8) is 0 Å². The van der Waals surface area contributed by atoms with Gasteiger partial charge in [0.1, 0.15) is 5.01 Å². The number of amides is 1. The van der Waals surface area contributed by atoms with Crippen LogP contribution in [-0.4, -0.2) is 10.9 Å².